The number of hydrogen-bond donors (Lipinski definition) is 3. The second kappa shape index (κ2) is 9.95. The van der Waals surface area contributed by atoms with E-state index in [9.17, 15) is 18.0 Å². The number of benzene rings is 1. The second-order valence-electron chi connectivity index (χ2n) is 6.54. The van der Waals surface area contributed by atoms with Crippen molar-refractivity contribution < 1.29 is 22.4 Å². The summed E-state index contributed by atoms with van der Waals surface area (Å²) in [7, 11) is -3.89. The van der Waals surface area contributed by atoms with E-state index in [0.29, 0.717) is 22.8 Å². The van der Waals surface area contributed by atoms with E-state index in [2.05, 4.69) is 15.6 Å². The molecule has 29 heavy (non-hydrogen) atoms. The van der Waals surface area contributed by atoms with Gasteiger partial charge < -0.3 is 4.42 Å². The molecule has 0 spiro atoms. The van der Waals surface area contributed by atoms with E-state index in [-0.39, 0.29) is 11.3 Å². The molecule has 0 aliphatic carbocycles. The Morgan fingerprint density at radius 2 is 1.76 bits per heavy atom. The summed E-state index contributed by atoms with van der Waals surface area (Å²) >= 11 is 1.48. The Bertz CT molecular complexity index is 968. The number of amides is 2. The van der Waals surface area contributed by atoms with Crippen LogP contribution in [0.2, 0.25) is 0 Å². The second-order valence-corrected chi connectivity index (χ2v) is 9.24. The Morgan fingerprint density at radius 1 is 1.10 bits per heavy atom. The molecule has 0 bridgehead atoms. The summed E-state index contributed by atoms with van der Waals surface area (Å²) in [5.41, 5.74) is 5.82. The summed E-state index contributed by atoms with van der Waals surface area (Å²) in [4.78, 5) is 24.9. The number of carbonyl (C=O) groups is 2. The van der Waals surface area contributed by atoms with Crippen LogP contribution >= 0.6 is 11.8 Å². The van der Waals surface area contributed by atoms with Gasteiger partial charge in [0.05, 0.1) is 10.5 Å². The zero-order chi connectivity index (χ0) is 21.6. The molecular weight excluding hydrogens is 414 g/mol. The summed E-state index contributed by atoms with van der Waals surface area (Å²) in [6.45, 7) is 5.20. The van der Waals surface area contributed by atoms with Crippen molar-refractivity contribution in [1.29, 1.82) is 0 Å². The van der Waals surface area contributed by atoms with Gasteiger partial charge in [-0.2, -0.15) is 16.5 Å². The number of nitrogens with one attached hydrogen (secondary N) is 3. The van der Waals surface area contributed by atoms with Crippen molar-refractivity contribution in [2.45, 2.75) is 38.1 Å². The molecule has 3 N–H and O–H groups in total. The number of aryl methyl sites for hydroxylation is 3. The molecule has 8 nitrogen and oxygen atoms in total. The summed E-state index contributed by atoms with van der Waals surface area (Å²) in [6, 6.07) is 6.84. The molecular formula is C19H25N3O5S2. The van der Waals surface area contributed by atoms with Crippen LogP contribution in [0, 0.1) is 20.8 Å². The van der Waals surface area contributed by atoms with Crippen molar-refractivity contribution in [1.82, 2.24) is 15.6 Å². The molecule has 2 aromatic rings. The van der Waals surface area contributed by atoms with Crippen LogP contribution in [0.25, 0.3) is 0 Å². The van der Waals surface area contributed by atoms with Gasteiger partial charge in [-0.15, -0.1) is 0 Å². The molecule has 0 radical (unpaired) electrons. The minimum Gasteiger partial charge on any atom is -0.466 e. The number of carbonyl (C=O) groups excluding carboxylic acids is 2. The van der Waals surface area contributed by atoms with Gasteiger partial charge in [-0.3, -0.25) is 20.4 Å². The topological polar surface area (TPSA) is 118 Å². The maximum absolute atomic E-state index is 12.6. The lowest BCUT2D eigenvalue weighted by molar-refractivity contribution is -0.123. The highest BCUT2D eigenvalue weighted by molar-refractivity contribution is 7.98. The molecule has 2 amide bonds. The van der Waals surface area contributed by atoms with Crippen LogP contribution in [0.3, 0.4) is 0 Å². The van der Waals surface area contributed by atoms with E-state index in [4.69, 9.17) is 4.42 Å². The minimum absolute atomic E-state index is 0.0681. The van der Waals surface area contributed by atoms with E-state index < -0.39 is 27.9 Å². The van der Waals surface area contributed by atoms with Gasteiger partial charge in [0.25, 0.3) is 11.8 Å². The smallest absolute Gasteiger partial charge is 0.273 e. The van der Waals surface area contributed by atoms with Crippen molar-refractivity contribution >= 4 is 33.6 Å². The highest BCUT2D eigenvalue weighted by Gasteiger charge is 2.26. The van der Waals surface area contributed by atoms with Crippen LogP contribution in [-0.2, 0) is 14.8 Å². The van der Waals surface area contributed by atoms with Crippen LogP contribution in [0.15, 0.2) is 39.6 Å². The van der Waals surface area contributed by atoms with Gasteiger partial charge in [-0.1, -0.05) is 17.7 Å². The van der Waals surface area contributed by atoms with Crippen molar-refractivity contribution in [2.75, 3.05) is 12.0 Å². The minimum atomic E-state index is -3.89. The molecule has 1 aromatic heterocycles. The van der Waals surface area contributed by atoms with E-state index in [1.165, 1.54) is 23.9 Å². The highest BCUT2D eigenvalue weighted by Crippen LogP contribution is 2.14. The first kappa shape index (κ1) is 23.0. The Kier molecular flexibility index (Phi) is 7.88. The summed E-state index contributed by atoms with van der Waals surface area (Å²) < 4.78 is 33.0. The first-order valence-corrected chi connectivity index (χ1v) is 11.8. The van der Waals surface area contributed by atoms with E-state index in [0.717, 1.165) is 5.56 Å². The molecule has 2 rings (SSSR count). The quantitative estimate of drug-likeness (QED) is 0.542. The number of furan rings is 1. The largest absolute Gasteiger partial charge is 0.466 e. The average molecular weight is 440 g/mol. The third kappa shape index (κ3) is 6.34. The van der Waals surface area contributed by atoms with Crippen molar-refractivity contribution in [3.8, 4) is 0 Å². The summed E-state index contributed by atoms with van der Waals surface area (Å²) in [6.07, 6.45) is 2.12. The van der Waals surface area contributed by atoms with Crippen LogP contribution < -0.4 is 15.6 Å². The van der Waals surface area contributed by atoms with E-state index in [1.54, 1.807) is 32.0 Å². The number of hydrogen-bond acceptors (Lipinski definition) is 6. The number of thioether (sulfide) groups is 1. The maximum Gasteiger partial charge on any atom is 0.273 e. The Hall–Kier alpha value is -2.30. The molecule has 1 unspecified atom stereocenters. The third-order valence-electron chi connectivity index (χ3n) is 4.14. The van der Waals surface area contributed by atoms with Gasteiger partial charge in [0.1, 0.15) is 17.6 Å². The Balaban J connectivity index is 2.08. The number of sulfonamides is 1. The Morgan fingerprint density at radius 3 is 2.31 bits per heavy atom. The predicted octanol–water partition coefficient (Wildman–Crippen LogP) is 2.07. The first-order chi connectivity index (χ1) is 13.6. The van der Waals surface area contributed by atoms with Crippen molar-refractivity contribution in [3.05, 3.63) is 53.0 Å². The van der Waals surface area contributed by atoms with Crippen molar-refractivity contribution in [2.24, 2.45) is 0 Å². The summed E-state index contributed by atoms with van der Waals surface area (Å²) in [5.74, 6) is 0.359. The van der Waals surface area contributed by atoms with Gasteiger partial charge in [-0.05, 0) is 57.4 Å². The molecule has 10 heteroatoms. The van der Waals surface area contributed by atoms with Gasteiger partial charge in [0, 0.05) is 0 Å². The molecule has 0 saturated carbocycles. The number of hydrazine groups is 1. The Labute approximate surface area is 174 Å². The van der Waals surface area contributed by atoms with Crippen LogP contribution in [-0.4, -0.2) is 38.3 Å². The van der Waals surface area contributed by atoms with Crippen LogP contribution in [0.4, 0.5) is 0 Å². The molecule has 0 aliphatic heterocycles. The highest BCUT2D eigenvalue weighted by atomic mass is 32.2. The van der Waals surface area contributed by atoms with Crippen molar-refractivity contribution in [3.63, 3.8) is 0 Å². The van der Waals surface area contributed by atoms with Gasteiger partial charge in [-0.25, -0.2) is 8.42 Å². The average Bonchev–Trinajstić information content (AvgIpc) is 3.01. The van der Waals surface area contributed by atoms with Crippen LogP contribution in [0.1, 0.15) is 33.9 Å². The molecule has 0 fully saturated rings. The maximum atomic E-state index is 12.6. The monoisotopic (exact) mass is 439 g/mol. The molecule has 0 aliphatic rings. The van der Waals surface area contributed by atoms with Crippen LogP contribution in [0.5, 0.6) is 0 Å². The third-order valence-corrected chi connectivity index (χ3v) is 6.27. The fourth-order valence-corrected chi connectivity index (χ4v) is 4.28. The SMILES string of the molecule is CSCCC(NS(=O)(=O)c1ccc(C)cc1)C(=O)NNC(=O)c1cc(C)oc1C. The summed E-state index contributed by atoms with van der Waals surface area (Å²) in [5, 5.41) is 0. The molecule has 158 valence electrons. The fraction of sp³-hybridized carbons (Fsp3) is 0.368. The molecule has 1 aromatic carbocycles. The van der Waals surface area contributed by atoms with Gasteiger partial charge >= 0.3 is 0 Å². The van der Waals surface area contributed by atoms with Gasteiger partial charge in [0.2, 0.25) is 10.0 Å². The first-order valence-electron chi connectivity index (χ1n) is 8.89. The normalized spacial score (nSPS) is 12.4. The fourth-order valence-electron chi connectivity index (χ4n) is 2.58. The number of rotatable bonds is 8. The van der Waals surface area contributed by atoms with E-state index in [1.807, 2.05) is 13.2 Å². The molecule has 0 saturated heterocycles. The van der Waals surface area contributed by atoms with E-state index >= 15 is 0 Å². The zero-order valence-corrected chi connectivity index (χ0v) is 18.4. The lowest BCUT2D eigenvalue weighted by Gasteiger charge is -2.18. The lowest BCUT2D eigenvalue weighted by atomic mass is 10.2. The standard InChI is InChI=1S/C19H25N3O5S2/c1-12-5-7-15(8-6-12)29(25,26)22-17(9-10-28-4)19(24)21-20-18(23)16-11-13(2)27-14(16)3/h5-8,11,17,22H,9-10H2,1-4H3,(H,20,23)(H,21,24). The lowest BCUT2D eigenvalue weighted by Crippen LogP contribution is -2.52. The van der Waals surface area contributed by atoms with Gasteiger partial charge in [0.15, 0.2) is 0 Å². The predicted molar refractivity (Wildman–Crippen MR) is 112 cm³/mol. The zero-order valence-electron chi connectivity index (χ0n) is 16.7. The molecule has 1 atom stereocenters. The molecule has 1 heterocycles.